The maximum absolute atomic E-state index is 12.0. The van der Waals surface area contributed by atoms with E-state index in [9.17, 15) is 14.9 Å². The average molecular weight is 320 g/mol. The van der Waals surface area contributed by atoms with E-state index in [1.54, 1.807) is 4.68 Å². The Bertz CT molecular complexity index is 703. The number of nitro groups is 1. The van der Waals surface area contributed by atoms with Gasteiger partial charge in [-0.25, -0.2) is 4.68 Å². The smallest absolute Gasteiger partial charge is 0.395 e. The second kappa shape index (κ2) is 6.55. The topological polar surface area (TPSA) is 129 Å². The highest BCUT2D eigenvalue weighted by Crippen LogP contribution is 2.27. The molecule has 1 N–H and O–H groups in total. The van der Waals surface area contributed by atoms with Gasteiger partial charge in [-0.2, -0.15) is 0 Å². The first-order valence-electron chi connectivity index (χ1n) is 7.44. The van der Waals surface area contributed by atoms with Crippen LogP contribution in [-0.2, 0) is 6.54 Å². The Hall–Kier alpha value is -2.78. The van der Waals surface area contributed by atoms with Crippen molar-refractivity contribution in [2.75, 3.05) is 0 Å². The van der Waals surface area contributed by atoms with Gasteiger partial charge in [0.2, 0.25) is 0 Å². The number of nitrogens with zero attached hydrogens (tertiary/aromatic N) is 5. The van der Waals surface area contributed by atoms with Gasteiger partial charge in [0.25, 0.3) is 5.91 Å². The zero-order chi connectivity index (χ0) is 16.2. The lowest BCUT2D eigenvalue weighted by molar-refractivity contribution is -0.402. The Kier molecular flexibility index (Phi) is 4.31. The fourth-order valence-corrected chi connectivity index (χ4v) is 2.73. The SMILES string of the molecule is O=C(NCc1nnnn1C1CCCCC1)c1ccc([N+](=O)[O-])o1. The fourth-order valence-electron chi connectivity index (χ4n) is 2.73. The van der Waals surface area contributed by atoms with Crippen molar-refractivity contribution in [1.29, 1.82) is 0 Å². The number of carbonyl (C=O) groups excluding carboxylic acids is 1. The molecule has 2 aromatic rings. The molecule has 3 rings (SSSR count). The molecule has 0 bridgehead atoms. The van der Waals surface area contributed by atoms with E-state index in [2.05, 4.69) is 20.8 Å². The summed E-state index contributed by atoms with van der Waals surface area (Å²) in [6.45, 7) is 0.136. The Labute approximate surface area is 131 Å². The van der Waals surface area contributed by atoms with Crippen molar-refractivity contribution in [3.8, 4) is 0 Å². The highest BCUT2D eigenvalue weighted by molar-refractivity contribution is 5.91. The molecule has 0 atom stereocenters. The standard InChI is InChI=1S/C13H16N6O4/c20-13(10-6-7-12(23-10)19(21)22)14-8-11-15-16-17-18(11)9-4-2-1-3-5-9/h6-7,9H,1-5,8H2,(H,14,20). The van der Waals surface area contributed by atoms with Crippen molar-refractivity contribution in [2.24, 2.45) is 0 Å². The van der Waals surface area contributed by atoms with Crippen LogP contribution in [0.4, 0.5) is 5.88 Å². The number of tetrazole rings is 1. The number of hydrogen-bond donors (Lipinski definition) is 1. The fraction of sp³-hybridized carbons (Fsp3) is 0.538. The van der Waals surface area contributed by atoms with E-state index in [0.717, 1.165) is 31.7 Å². The maximum atomic E-state index is 12.0. The van der Waals surface area contributed by atoms with Gasteiger partial charge in [0, 0.05) is 0 Å². The number of aromatic nitrogens is 4. The van der Waals surface area contributed by atoms with Crippen molar-refractivity contribution in [2.45, 2.75) is 44.7 Å². The second-order valence-corrected chi connectivity index (χ2v) is 5.41. The van der Waals surface area contributed by atoms with Gasteiger partial charge in [0.05, 0.1) is 18.7 Å². The van der Waals surface area contributed by atoms with Gasteiger partial charge in [-0.1, -0.05) is 19.3 Å². The Balaban J connectivity index is 1.62. The van der Waals surface area contributed by atoms with Crippen molar-refractivity contribution >= 4 is 11.8 Å². The third kappa shape index (κ3) is 3.35. The largest absolute Gasteiger partial charge is 0.433 e. The minimum absolute atomic E-state index is 0.117. The summed E-state index contributed by atoms with van der Waals surface area (Å²) in [5.41, 5.74) is 0. The summed E-state index contributed by atoms with van der Waals surface area (Å²) in [4.78, 5) is 21.8. The van der Waals surface area contributed by atoms with Crippen molar-refractivity contribution in [3.63, 3.8) is 0 Å². The lowest BCUT2D eigenvalue weighted by Gasteiger charge is -2.22. The Morgan fingerprint density at radius 1 is 1.39 bits per heavy atom. The Morgan fingerprint density at radius 3 is 2.87 bits per heavy atom. The number of rotatable bonds is 5. The molecule has 0 spiro atoms. The first-order valence-corrected chi connectivity index (χ1v) is 7.44. The molecule has 0 saturated heterocycles. The first kappa shape index (κ1) is 15.1. The van der Waals surface area contributed by atoms with E-state index < -0.39 is 16.7 Å². The predicted octanol–water partition coefficient (Wildman–Crippen LogP) is 1.61. The van der Waals surface area contributed by atoms with E-state index in [1.165, 1.54) is 12.5 Å². The lowest BCUT2D eigenvalue weighted by Crippen LogP contribution is -2.26. The molecule has 0 aromatic carbocycles. The molecule has 0 radical (unpaired) electrons. The van der Waals surface area contributed by atoms with Crippen molar-refractivity contribution in [3.05, 3.63) is 33.8 Å². The van der Waals surface area contributed by atoms with E-state index in [1.807, 2.05) is 0 Å². The van der Waals surface area contributed by atoms with Crippen LogP contribution >= 0.6 is 0 Å². The number of amides is 1. The van der Waals surface area contributed by atoms with Gasteiger partial charge < -0.3 is 9.73 Å². The zero-order valence-electron chi connectivity index (χ0n) is 12.3. The van der Waals surface area contributed by atoms with Crippen molar-refractivity contribution < 1.29 is 14.1 Å². The third-order valence-electron chi connectivity index (χ3n) is 3.88. The first-order chi connectivity index (χ1) is 11.1. The summed E-state index contributed by atoms with van der Waals surface area (Å²) >= 11 is 0. The maximum Gasteiger partial charge on any atom is 0.433 e. The Morgan fingerprint density at radius 2 is 2.17 bits per heavy atom. The molecule has 23 heavy (non-hydrogen) atoms. The van der Waals surface area contributed by atoms with Gasteiger partial charge in [-0.15, -0.1) is 5.10 Å². The monoisotopic (exact) mass is 320 g/mol. The van der Waals surface area contributed by atoms with Crippen LogP contribution in [-0.4, -0.2) is 31.0 Å². The zero-order valence-corrected chi connectivity index (χ0v) is 12.3. The summed E-state index contributed by atoms with van der Waals surface area (Å²) < 4.78 is 6.61. The molecule has 122 valence electrons. The molecule has 10 nitrogen and oxygen atoms in total. The minimum Gasteiger partial charge on any atom is -0.395 e. The molecule has 1 aliphatic carbocycles. The lowest BCUT2D eigenvalue weighted by atomic mass is 9.95. The van der Waals surface area contributed by atoms with Gasteiger partial charge in [0.1, 0.15) is 4.92 Å². The molecule has 1 saturated carbocycles. The van der Waals surface area contributed by atoms with Crippen LogP contribution in [0.2, 0.25) is 0 Å². The van der Waals surface area contributed by atoms with Crippen LogP contribution in [0.1, 0.15) is 54.5 Å². The molecule has 2 aromatic heterocycles. The minimum atomic E-state index is -0.694. The summed E-state index contributed by atoms with van der Waals surface area (Å²) in [6.07, 6.45) is 5.56. The van der Waals surface area contributed by atoms with Gasteiger partial charge in [0.15, 0.2) is 11.6 Å². The predicted molar refractivity (Wildman–Crippen MR) is 76.5 cm³/mol. The van der Waals surface area contributed by atoms with E-state index in [4.69, 9.17) is 4.42 Å². The van der Waals surface area contributed by atoms with E-state index in [-0.39, 0.29) is 18.3 Å². The molecule has 2 heterocycles. The number of furan rings is 1. The van der Waals surface area contributed by atoms with Gasteiger partial charge in [-0.3, -0.25) is 14.9 Å². The van der Waals surface area contributed by atoms with Crippen LogP contribution in [0.3, 0.4) is 0 Å². The highest BCUT2D eigenvalue weighted by atomic mass is 16.6. The molecule has 0 unspecified atom stereocenters. The molecular formula is C13H16N6O4. The summed E-state index contributed by atoms with van der Waals surface area (Å²) in [7, 11) is 0. The molecule has 1 aliphatic rings. The van der Waals surface area contributed by atoms with Gasteiger partial charge in [-0.05, 0) is 29.3 Å². The van der Waals surface area contributed by atoms with Crippen LogP contribution in [0.5, 0.6) is 0 Å². The molecular weight excluding hydrogens is 304 g/mol. The summed E-state index contributed by atoms with van der Waals surface area (Å²) in [5.74, 6) is -0.571. The average Bonchev–Trinajstić information content (AvgIpc) is 3.22. The second-order valence-electron chi connectivity index (χ2n) is 5.41. The number of hydrogen-bond acceptors (Lipinski definition) is 7. The van der Waals surface area contributed by atoms with E-state index in [0.29, 0.717) is 5.82 Å². The number of carbonyl (C=O) groups is 1. The molecule has 0 aliphatic heterocycles. The van der Waals surface area contributed by atoms with Crippen LogP contribution < -0.4 is 5.32 Å². The number of nitrogens with one attached hydrogen (secondary N) is 1. The van der Waals surface area contributed by atoms with Gasteiger partial charge >= 0.3 is 5.88 Å². The van der Waals surface area contributed by atoms with Crippen molar-refractivity contribution in [1.82, 2.24) is 25.5 Å². The van der Waals surface area contributed by atoms with E-state index >= 15 is 0 Å². The van der Waals surface area contributed by atoms with Crippen LogP contribution in [0.15, 0.2) is 16.5 Å². The van der Waals surface area contributed by atoms with Crippen LogP contribution in [0.25, 0.3) is 0 Å². The third-order valence-corrected chi connectivity index (χ3v) is 3.88. The summed E-state index contributed by atoms with van der Waals surface area (Å²) in [6, 6.07) is 2.66. The summed E-state index contributed by atoms with van der Waals surface area (Å²) in [5, 5.41) is 24.8. The highest BCUT2D eigenvalue weighted by Gasteiger charge is 2.21. The molecule has 10 heteroatoms. The quantitative estimate of drug-likeness (QED) is 0.654. The molecule has 1 amide bonds. The normalized spacial score (nSPS) is 15.5. The van der Waals surface area contributed by atoms with Crippen LogP contribution in [0, 0.1) is 10.1 Å². The molecule has 1 fully saturated rings.